The van der Waals surface area contributed by atoms with Crippen molar-refractivity contribution < 1.29 is 13.2 Å². The first-order valence-electron chi connectivity index (χ1n) is 8.99. The van der Waals surface area contributed by atoms with E-state index in [-0.39, 0.29) is 29.1 Å². The van der Waals surface area contributed by atoms with E-state index < -0.39 is 9.84 Å². The van der Waals surface area contributed by atoms with Crippen molar-refractivity contribution in [1.82, 2.24) is 15.1 Å². The van der Waals surface area contributed by atoms with E-state index in [1.54, 1.807) is 11.0 Å². The SMILES string of the molecule is CCN(C(=O)c1ccc(N2CCC(C)CC2)nn1)C1CCS(=O)(=O)C1. The van der Waals surface area contributed by atoms with Crippen LogP contribution in [0.25, 0.3) is 0 Å². The maximum Gasteiger partial charge on any atom is 0.274 e. The lowest BCUT2D eigenvalue weighted by Crippen LogP contribution is -2.41. The monoisotopic (exact) mass is 366 g/mol. The molecule has 25 heavy (non-hydrogen) atoms. The number of aromatic nitrogens is 2. The molecule has 1 unspecified atom stereocenters. The van der Waals surface area contributed by atoms with Crippen LogP contribution in [0.3, 0.4) is 0 Å². The second-order valence-electron chi connectivity index (χ2n) is 7.09. The van der Waals surface area contributed by atoms with Crippen LogP contribution in [0.4, 0.5) is 5.82 Å². The minimum Gasteiger partial charge on any atom is -0.355 e. The average Bonchev–Trinajstić information content (AvgIpc) is 2.96. The maximum atomic E-state index is 12.7. The Morgan fingerprint density at radius 2 is 1.96 bits per heavy atom. The summed E-state index contributed by atoms with van der Waals surface area (Å²) in [5.41, 5.74) is 0.278. The topological polar surface area (TPSA) is 83.5 Å². The van der Waals surface area contributed by atoms with Gasteiger partial charge in [-0.3, -0.25) is 4.79 Å². The molecule has 0 N–H and O–H groups in total. The predicted octanol–water partition coefficient (Wildman–Crippen LogP) is 1.36. The van der Waals surface area contributed by atoms with Crippen LogP contribution in [0.15, 0.2) is 12.1 Å². The summed E-state index contributed by atoms with van der Waals surface area (Å²) in [4.78, 5) is 16.5. The maximum absolute atomic E-state index is 12.7. The zero-order valence-corrected chi connectivity index (χ0v) is 15.7. The van der Waals surface area contributed by atoms with Gasteiger partial charge in [0.05, 0.1) is 11.5 Å². The Balaban J connectivity index is 1.69. The fourth-order valence-corrected chi connectivity index (χ4v) is 5.31. The highest BCUT2D eigenvalue weighted by molar-refractivity contribution is 7.91. The smallest absolute Gasteiger partial charge is 0.274 e. The van der Waals surface area contributed by atoms with E-state index in [2.05, 4.69) is 22.0 Å². The average molecular weight is 366 g/mol. The molecule has 0 saturated carbocycles. The molecular weight excluding hydrogens is 340 g/mol. The highest BCUT2D eigenvalue weighted by Crippen LogP contribution is 2.22. The van der Waals surface area contributed by atoms with Gasteiger partial charge in [-0.05, 0) is 44.2 Å². The molecular formula is C17H26N4O3S. The van der Waals surface area contributed by atoms with Crippen molar-refractivity contribution in [2.75, 3.05) is 36.0 Å². The second-order valence-corrected chi connectivity index (χ2v) is 9.32. The zero-order chi connectivity index (χ0) is 18.0. The van der Waals surface area contributed by atoms with Crippen molar-refractivity contribution in [2.45, 2.75) is 39.2 Å². The molecule has 2 aliphatic heterocycles. The van der Waals surface area contributed by atoms with Crippen LogP contribution in [0.1, 0.15) is 43.6 Å². The van der Waals surface area contributed by atoms with Crippen LogP contribution in [0.2, 0.25) is 0 Å². The van der Waals surface area contributed by atoms with Gasteiger partial charge in [0.2, 0.25) is 0 Å². The van der Waals surface area contributed by atoms with Crippen molar-refractivity contribution in [3.8, 4) is 0 Å². The first-order valence-corrected chi connectivity index (χ1v) is 10.8. The number of anilines is 1. The summed E-state index contributed by atoms with van der Waals surface area (Å²) in [5, 5.41) is 8.35. The van der Waals surface area contributed by atoms with Crippen LogP contribution in [0, 0.1) is 5.92 Å². The Morgan fingerprint density at radius 1 is 1.24 bits per heavy atom. The number of carbonyl (C=O) groups is 1. The van der Waals surface area contributed by atoms with E-state index in [0.717, 1.165) is 37.7 Å². The summed E-state index contributed by atoms with van der Waals surface area (Å²) < 4.78 is 23.4. The number of rotatable bonds is 4. The summed E-state index contributed by atoms with van der Waals surface area (Å²) in [7, 11) is -3.03. The molecule has 3 rings (SSSR count). The van der Waals surface area contributed by atoms with Crippen molar-refractivity contribution in [1.29, 1.82) is 0 Å². The lowest BCUT2D eigenvalue weighted by molar-refractivity contribution is 0.0701. The number of hydrogen-bond acceptors (Lipinski definition) is 6. The standard InChI is InChI=1S/C17H26N4O3S/c1-3-21(14-8-11-25(23,24)12-14)17(22)15-4-5-16(19-18-15)20-9-6-13(2)7-10-20/h4-5,13-14H,3,6-12H2,1-2H3. The van der Waals surface area contributed by atoms with E-state index in [9.17, 15) is 13.2 Å². The van der Waals surface area contributed by atoms with Crippen LogP contribution >= 0.6 is 0 Å². The molecule has 0 aliphatic carbocycles. The Morgan fingerprint density at radius 3 is 2.48 bits per heavy atom. The number of piperidine rings is 1. The van der Waals surface area contributed by atoms with Crippen LogP contribution in [0.5, 0.6) is 0 Å². The predicted molar refractivity (Wildman–Crippen MR) is 96.4 cm³/mol. The minimum atomic E-state index is -3.03. The summed E-state index contributed by atoms with van der Waals surface area (Å²) in [6.45, 7) is 6.51. The van der Waals surface area contributed by atoms with Crippen LogP contribution in [-0.2, 0) is 9.84 Å². The molecule has 1 atom stereocenters. The highest BCUT2D eigenvalue weighted by atomic mass is 32.2. The Hall–Kier alpha value is -1.70. The van der Waals surface area contributed by atoms with Gasteiger partial charge < -0.3 is 9.80 Å². The third kappa shape index (κ3) is 4.11. The molecule has 2 aliphatic rings. The molecule has 3 heterocycles. The fourth-order valence-electron chi connectivity index (χ4n) is 3.58. The highest BCUT2D eigenvalue weighted by Gasteiger charge is 2.34. The third-order valence-electron chi connectivity index (χ3n) is 5.23. The summed E-state index contributed by atoms with van der Waals surface area (Å²) >= 11 is 0. The second kappa shape index (κ2) is 7.27. The molecule has 0 radical (unpaired) electrons. The minimum absolute atomic E-state index is 0.0457. The number of carbonyl (C=O) groups excluding carboxylic acids is 1. The Kier molecular flexibility index (Phi) is 5.27. The molecule has 1 amide bonds. The van der Waals surface area contributed by atoms with E-state index in [1.165, 1.54) is 0 Å². The molecule has 7 nitrogen and oxygen atoms in total. The normalized spacial score (nSPS) is 23.6. The lowest BCUT2D eigenvalue weighted by Gasteiger charge is -2.31. The first-order chi connectivity index (χ1) is 11.9. The number of nitrogens with zero attached hydrogens (tertiary/aromatic N) is 4. The van der Waals surface area contributed by atoms with Gasteiger partial charge in [0.1, 0.15) is 0 Å². The Labute approximate surface area is 149 Å². The van der Waals surface area contributed by atoms with Gasteiger partial charge in [-0.1, -0.05) is 6.92 Å². The van der Waals surface area contributed by atoms with Crippen molar-refractivity contribution in [3.05, 3.63) is 17.8 Å². The first kappa shape index (κ1) is 18.1. The summed E-state index contributed by atoms with van der Waals surface area (Å²) in [5.74, 6) is 1.50. The molecule has 1 aromatic heterocycles. The van der Waals surface area contributed by atoms with Crippen LogP contribution in [-0.4, -0.2) is 66.6 Å². The third-order valence-corrected chi connectivity index (χ3v) is 6.98. The fraction of sp³-hybridized carbons (Fsp3) is 0.706. The van der Waals surface area contributed by atoms with E-state index in [0.29, 0.717) is 13.0 Å². The van der Waals surface area contributed by atoms with Gasteiger partial charge >= 0.3 is 0 Å². The largest absolute Gasteiger partial charge is 0.355 e. The lowest BCUT2D eigenvalue weighted by atomic mass is 9.99. The number of hydrogen-bond donors (Lipinski definition) is 0. The molecule has 1 aromatic rings. The molecule has 2 saturated heterocycles. The molecule has 8 heteroatoms. The van der Waals surface area contributed by atoms with Gasteiger partial charge in [0.25, 0.3) is 5.91 Å². The molecule has 0 bridgehead atoms. The van der Waals surface area contributed by atoms with Crippen molar-refractivity contribution in [3.63, 3.8) is 0 Å². The van der Waals surface area contributed by atoms with Gasteiger partial charge in [-0.25, -0.2) is 8.42 Å². The van der Waals surface area contributed by atoms with Gasteiger partial charge in [-0.2, -0.15) is 0 Å². The molecule has 0 spiro atoms. The van der Waals surface area contributed by atoms with E-state index in [4.69, 9.17) is 0 Å². The van der Waals surface area contributed by atoms with Crippen molar-refractivity contribution in [2.24, 2.45) is 5.92 Å². The quantitative estimate of drug-likeness (QED) is 0.800. The van der Waals surface area contributed by atoms with E-state index in [1.807, 2.05) is 13.0 Å². The molecule has 138 valence electrons. The van der Waals surface area contributed by atoms with Gasteiger partial charge in [0.15, 0.2) is 21.3 Å². The van der Waals surface area contributed by atoms with Gasteiger partial charge in [0, 0.05) is 25.7 Å². The molecule has 2 fully saturated rings. The van der Waals surface area contributed by atoms with E-state index >= 15 is 0 Å². The number of sulfone groups is 1. The van der Waals surface area contributed by atoms with Crippen LogP contribution < -0.4 is 4.90 Å². The zero-order valence-electron chi connectivity index (χ0n) is 14.9. The van der Waals surface area contributed by atoms with Crippen molar-refractivity contribution >= 4 is 21.6 Å². The number of amides is 1. The van der Waals surface area contributed by atoms with Gasteiger partial charge in [-0.15, -0.1) is 10.2 Å². The Bertz CT molecular complexity index is 712. The summed E-state index contributed by atoms with van der Waals surface area (Å²) in [6.07, 6.45) is 2.78. The molecule has 0 aromatic carbocycles. The summed E-state index contributed by atoms with van der Waals surface area (Å²) in [6, 6.07) is 3.29.